The third-order valence-electron chi connectivity index (χ3n) is 3.53. The van der Waals surface area contributed by atoms with Crippen LogP contribution in [0.1, 0.15) is 25.5 Å². The van der Waals surface area contributed by atoms with Gasteiger partial charge in [-0.05, 0) is 24.6 Å². The van der Waals surface area contributed by atoms with Crippen LogP contribution < -0.4 is 0 Å². The third-order valence-corrected chi connectivity index (χ3v) is 4.86. The van der Waals surface area contributed by atoms with Gasteiger partial charge in [-0.1, -0.05) is 13.0 Å². The van der Waals surface area contributed by atoms with E-state index in [9.17, 15) is 22.0 Å². The lowest BCUT2D eigenvalue weighted by atomic mass is 10.1. The van der Waals surface area contributed by atoms with E-state index in [1.165, 1.54) is 18.0 Å². The Balaban J connectivity index is 2.87. The van der Waals surface area contributed by atoms with Crippen LogP contribution in [0.4, 0.5) is 8.78 Å². The van der Waals surface area contributed by atoms with Crippen molar-refractivity contribution in [1.29, 1.82) is 0 Å². The predicted molar refractivity (Wildman–Crippen MR) is 79.6 cm³/mol. The Hall–Kier alpha value is -1.54. The summed E-state index contributed by atoms with van der Waals surface area (Å²) in [5, 5.41) is 0. The van der Waals surface area contributed by atoms with Crippen LogP contribution in [-0.4, -0.2) is 49.9 Å². The number of rotatable bonds is 6. The van der Waals surface area contributed by atoms with Gasteiger partial charge in [0.1, 0.15) is 0 Å². The third kappa shape index (κ3) is 4.48. The first-order chi connectivity index (χ1) is 10.1. The second kappa shape index (κ2) is 7.15. The first-order valence-electron chi connectivity index (χ1n) is 6.73. The van der Waals surface area contributed by atoms with Crippen LogP contribution in [0.15, 0.2) is 18.2 Å². The van der Waals surface area contributed by atoms with Crippen LogP contribution in [0.3, 0.4) is 0 Å². The highest BCUT2D eigenvalue weighted by Crippen LogP contribution is 2.21. The summed E-state index contributed by atoms with van der Waals surface area (Å²) >= 11 is 0. The van der Waals surface area contributed by atoms with Gasteiger partial charge in [0.25, 0.3) is 0 Å². The minimum atomic E-state index is -3.47. The largest absolute Gasteiger partial charge is 0.338 e. The van der Waals surface area contributed by atoms with Crippen molar-refractivity contribution in [3.8, 4) is 0 Å². The average Bonchev–Trinajstić information content (AvgIpc) is 2.44. The molecule has 0 N–H and O–H groups in total. The molecule has 0 bridgehead atoms. The number of carbonyl (C=O) groups excluding carboxylic acids is 1. The number of likely N-dealkylation sites (N-methyl/N-ethyl adjacent to an activating group) is 2. The van der Waals surface area contributed by atoms with Crippen LogP contribution in [0.5, 0.6) is 0 Å². The van der Waals surface area contributed by atoms with Crippen LogP contribution in [0, 0.1) is 11.6 Å². The summed E-state index contributed by atoms with van der Waals surface area (Å²) in [5.41, 5.74) is 0.428. The van der Waals surface area contributed by atoms with Gasteiger partial charge in [0, 0.05) is 13.6 Å². The second-order valence-corrected chi connectivity index (χ2v) is 7.03. The van der Waals surface area contributed by atoms with Crippen molar-refractivity contribution in [2.75, 3.05) is 26.4 Å². The normalized spacial score (nSPS) is 13.2. The molecule has 0 aliphatic carbocycles. The maximum atomic E-state index is 13.3. The van der Waals surface area contributed by atoms with Crippen LogP contribution in [-0.2, 0) is 14.8 Å². The van der Waals surface area contributed by atoms with Gasteiger partial charge in [-0.3, -0.25) is 4.79 Å². The molecule has 124 valence electrons. The number of amides is 1. The predicted octanol–water partition coefficient (Wildman–Crippen LogP) is 1.77. The SMILES string of the molecule is CCN(CC(=O)N(C)[C@@H](C)c1ccc(F)c(F)c1)S(C)(=O)=O. The molecular formula is C14H20F2N2O3S. The van der Waals surface area contributed by atoms with Gasteiger partial charge in [-0.25, -0.2) is 17.2 Å². The summed E-state index contributed by atoms with van der Waals surface area (Å²) < 4.78 is 50.3. The zero-order chi connectivity index (χ0) is 17.1. The minimum Gasteiger partial charge on any atom is -0.338 e. The molecule has 1 amide bonds. The molecule has 5 nitrogen and oxygen atoms in total. The lowest BCUT2D eigenvalue weighted by Gasteiger charge is -2.28. The fraction of sp³-hybridized carbons (Fsp3) is 0.500. The van der Waals surface area contributed by atoms with Crippen LogP contribution >= 0.6 is 0 Å². The number of hydrogen-bond donors (Lipinski definition) is 0. The van der Waals surface area contributed by atoms with Crippen LogP contribution in [0.2, 0.25) is 0 Å². The van der Waals surface area contributed by atoms with Gasteiger partial charge in [0.15, 0.2) is 11.6 Å². The van der Waals surface area contributed by atoms with E-state index >= 15 is 0 Å². The van der Waals surface area contributed by atoms with Crippen molar-refractivity contribution >= 4 is 15.9 Å². The van der Waals surface area contributed by atoms with Gasteiger partial charge in [-0.15, -0.1) is 0 Å². The molecule has 1 atom stereocenters. The molecule has 22 heavy (non-hydrogen) atoms. The maximum absolute atomic E-state index is 13.3. The van der Waals surface area contributed by atoms with E-state index in [4.69, 9.17) is 0 Å². The average molecular weight is 334 g/mol. The van der Waals surface area contributed by atoms with Crippen LogP contribution in [0.25, 0.3) is 0 Å². The Labute approximate surface area is 129 Å². The van der Waals surface area contributed by atoms with Crippen molar-refractivity contribution in [3.05, 3.63) is 35.4 Å². The molecule has 0 radical (unpaired) electrons. The smallest absolute Gasteiger partial charge is 0.238 e. The molecule has 0 spiro atoms. The molecule has 0 aliphatic heterocycles. The fourth-order valence-electron chi connectivity index (χ4n) is 1.94. The Kier molecular flexibility index (Phi) is 6.01. The molecule has 1 rings (SSSR count). The quantitative estimate of drug-likeness (QED) is 0.797. The minimum absolute atomic E-state index is 0.179. The second-order valence-electron chi connectivity index (χ2n) is 5.04. The van der Waals surface area contributed by atoms with E-state index in [1.54, 1.807) is 13.8 Å². The van der Waals surface area contributed by atoms with Gasteiger partial charge < -0.3 is 4.90 Å². The first kappa shape index (κ1) is 18.5. The van der Waals surface area contributed by atoms with Gasteiger partial charge in [0.2, 0.25) is 15.9 Å². The highest BCUT2D eigenvalue weighted by Gasteiger charge is 2.24. The Morgan fingerprint density at radius 2 is 1.86 bits per heavy atom. The van der Waals surface area contributed by atoms with E-state index in [2.05, 4.69) is 0 Å². The number of hydrogen-bond acceptors (Lipinski definition) is 3. The number of carbonyl (C=O) groups is 1. The van der Waals surface area contributed by atoms with E-state index < -0.39 is 33.6 Å². The van der Waals surface area contributed by atoms with E-state index in [0.717, 1.165) is 22.7 Å². The lowest BCUT2D eigenvalue weighted by Crippen LogP contribution is -2.41. The zero-order valence-corrected chi connectivity index (χ0v) is 13.8. The monoisotopic (exact) mass is 334 g/mol. The van der Waals surface area contributed by atoms with Gasteiger partial charge >= 0.3 is 0 Å². The number of sulfonamides is 1. The number of halogens is 2. The fourth-order valence-corrected chi connectivity index (χ4v) is 2.75. The highest BCUT2D eigenvalue weighted by atomic mass is 32.2. The van der Waals surface area contributed by atoms with E-state index in [-0.39, 0.29) is 13.1 Å². The molecule has 0 unspecified atom stereocenters. The Bertz CT molecular complexity index is 649. The van der Waals surface area contributed by atoms with Gasteiger partial charge in [0.05, 0.1) is 18.8 Å². The number of benzene rings is 1. The Morgan fingerprint density at radius 1 is 1.27 bits per heavy atom. The van der Waals surface area contributed by atoms with Crippen molar-refractivity contribution < 1.29 is 22.0 Å². The number of nitrogens with zero attached hydrogens (tertiary/aromatic N) is 2. The van der Waals surface area contributed by atoms with E-state index in [0.29, 0.717) is 5.56 Å². The molecule has 0 aliphatic rings. The molecule has 0 saturated heterocycles. The molecular weight excluding hydrogens is 314 g/mol. The summed E-state index contributed by atoms with van der Waals surface area (Å²) in [7, 11) is -1.98. The zero-order valence-electron chi connectivity index (χ0n) is 13.0. The topological polar surface area (TPSA) is 57.7 Å². The summed E-state index contributed by atoms with van der Waals surface area (Å²) in [6.45, 7) is 3.17. The first-order valence-corrected chi connectivity index (χ1v) is 8.58. The maximum Gasteiger partial charge on any atom is 0.238 e. The Morgan fingerprint density at radius 3 is 2.32 bits per heavy atom. The molecule has 0 heterocycles. The molecule has 0 saturated carbocycles. The van der Waals surface area contributed by atoms with Crippen molar-refractivity contribution in [2.24, 2.45) is 0 Å². The summed E-state index contributed by atoms with van der Waals surface area (Å²) in [6, 6.07) is 2.90. The molecule has 8 heteroatoms. The highest BCUT2D eigenvalue weighted by molar-refractivity contribution is 7.88. The van der Waals surface area contributed by atoms with Crippen molar-refractivity contribution in [1.82, 2.24) is 9.21 Å². The lowest BCUT2D eigenvalue weighted by molar-refractivity contribution is -0.132. The summed E-state index contributed by atoms with van der Waals surface area (Å²) in [4.78, 5) is 13.5. The van der Waals surface area contributed by atoms with Crippen molar-refractivity contribution in [3.63, 3.8) is 0 Å². The standard InChI is InChI=1S/C14H20F2N2O3S/c1-5-18(22(4,20)21)9-14(19)17(3)10(2)11-6-7-12(15)13(16)8-11/h6-8,10H,5,9H2,1-4H3/t10-/m0/s1. The molecule has 0 fully saturated rings. The molecule has 1 aromatic rings. The van der Waals surface area contributed by atoms with E-state index in [1.807, 2.05) is 0 Å². The summed E-state index contributed by atoms with van der Waals surface area (Å²) in [5.74, 6) is -2.37. The molecule has 1 aromatic carbocycles. The van der Waals surface area contributed by atoms with Crippen molar-refractivity contribution in [2.45, 2.75) is 19.9 Å². The summed E-state index contributed by atoms with van der Waals surface area (Å²) in [6.07, 6.45) is 1.03. The van der Waals surface area contributed by atoms with Gasteiger partial charge in [-0.2, -0.15) is 4.31 Å². The molecule has 0 aromatic heterocycles.